The van der Waals surface area contributed by atoms with Crippen molar-refractivity contribution in [3.63, 3.8) is 0 Å². The normalized spacial score (nSPS) is 12.3. The Labute approximate surface area is 332 Å². The van der Waals surface area contributed by atoms with Crippen LogP contribution in [0.5, 0.6) is 0 Å². The van der Waals surface area contributed by atoms with Gasteiger partial charge in [-0.25, -0.2) is 15.0 Å². The molecule has 4 nitrogen and oxygen atoms in total. The van der Waals surface area contributed by atoms with Crippen LogP contribution in [0.2, 0.25) is 0 Å². The molecule has 0 saturated carbocycles. The molecule has 4 heteroatoms. The van der Waals surface area contributed by atoms with Gasteiger partial charge in [0.25, 0.3) is 0 Å². The van der Waals surface area contributed by atoms with Gasteiger partial charge in [-0.1, -0.05) is 182 Å². The van der Waals surface area contributed by atoms with Crippen molar-refractivity contribution >= 4 is 0 Å². The summed E-state index contributed by atoms with van der Waals surface area (Å²) in [5, 5.41) is 9.27. The van der Waals surface area contributed by atoms with Gasteiger partial charge in [-0.2, -0.15) is 5.26 Å². The number of hydrogen-bond acceptors (Lipinski definition) is 4. The molecule has 0 unspecified atom stereocenters. The zero-order chi connectivity index (χ0) is 38.2. The highest BCUT2D eigenvalue weighted by atomic mass is 15.0. The topological polar surface area (TPSA) is 62.5 Å². The lowest BCUT2D eigenvalue weighted by atomic mass is 9.67. The van der Waals surface area contributed by atoms with Gasteiger partial charge < -0.3 is 0 Å². The molecule has 1 aliphatic rings. The summed E-state index contributed by atoms with van der Waals surface area (Å²) in [4.78, 5) is 15.2. The third-order valence-corrected chi connectivity index (χ3v) is 11.1. The Hall–Kier alpha value is -7.74. The maximum atomic E-state index is 9.27. The van der Waals surface area contributed by atoms with E-state index in [0.29, 0.717) is 23.0 Å². The molecule has 0 N–H and O–H groups in total. The molecule has 0 aliphatic heterocycles. The summed E-state index contributed by atoms with van der Waals surface area (Å²) in [5.74, 6) is 1.89. The minimum Gasteiger partial charge on any atom is -0.208 e. The molecular formula is C53H34N4. The molecule has 0 bridgehead atoms. The van der Waals surface area contributed by atoms with Gasteiger partial charge in [0.1, 0.15) is 0 Å². The summed E-state index contributed by atoms with van der Waals surface area (Å²) < 4.78 is 0. The van der Waals surface area contributed by atoms with Crippen molar-refractivity contribution in [2.24, 2.45) is 0 Å². The average molecular weight is 727 g/mol. The van der Waals surface area contributed by atoms with Crippen LogP contribution in [0.4, 0.5) is 0 Å². The number of nitriles is 1. The summed E-state index contributed by atoms with van der Waals surface area (Å²) in [5.41, 5.74) is 14.5. The van der Waals surface area contributed by atoms with Crippen molar-refractivity contribution in [1.29, 1.82) is 5.26 Å². The van der Waals surface area contributed by atoms with Gasteiger partial charge in [0.05, 0.1) is 17.0 Å². The first-order valence-electron chi connectivity index (χ1n) is 19.1. The molecule has 1 aromatic heterocycles. The zero-order valence-electron chi connectivity index (χ0n) is 30.9. The molecule has 1 heterocycles. The van der Waals surface area contributed by atoms with E-state index in [1.165, 1.54) is 33.4 Å². The van der Waals surface area contributed by atoms with Crippen LogP contribution in [-0.2, 0) is 5.41 Å². The monoisotopic (exact) mass is 726 g/mol. The van der Waals surface area contributed by atoms with Crippen LogP contribution < -0.4 is 0 Å². The summed E-state index contributed by atoms with van der Waals surface area (Å²) in [6.45, 7) is 0. The summed E-state index contributed by atoms with van der Waals surface area (Å²) in [7, 11) is 0. The van der Waals surface area contributed by atoms with Gasteiger partial charge in [0, 0.05) is 16.7 Å². The van der Waals surface area contributed by atoms with Crippen LogP contribution in [0.3, 0.4) is 0 Å². The number of fused-ring (bicyclic) bond motifs is 3. The van der Waals surface area contributed by atoms with Gasteiger partial charge >= 0.3 is 0 Å². The van der Waals surface area contributed by atoms with E-state index in [1.54, 1.807) is 0 Å². The van der Waals surface area contributed by atoms with Crippen molar-refractivity contribution in [1.82, 2.24) is 15.0 Å². The number of hydrogen-bond donors (Lipinski definition) is 0. The molecule has 266 valence electrons. The van der Waals surface area contributed by atoms with E-state index in [9.17, 15) is 5.26 Å². The van der Waals surface area contributed by atoms with Crippen LogP contribution in [0.15, 0.2) is 206 Å². The number of aromatic nitrogens is 3. The number of nitrogens with zero attached hydrogens (tertiary/aromatic N) is 4. The van der Waals surface area contributed by atoms with Gasteiger partial charge in [-0.05, 0) is 79.9 Å². The fourth-order valence-corrected chi connectivity index (χ4v) is 8.34. The third-order valence-electron chi connectivity index (χ3n) is 11.1. The first-order chi connectivity index (χ1) is 28.2. The van der Waals surface area contributed by atoms with E-state index in [1.807, 2.05) is 84.9 Å². The molecular weight excluding hydrogens is 693 g/mol. The Morgan fingerprint density at radius 1 is 0.333 bits per heavy atom. The molecule has 0 radical (unpaired) electrons. The van der Waals surface area contributed by atoms with Crippen LogP contribution >= 0.6 is 0 Å². The van der Waals surface area contributed by atoms with Crippen molar-refractivity contribution in [3.05, 3.63) is 234 Å². The summed E-state index contributed by atoms with van der Waals surface area (Å²) >= 11 is 0. The van der Waals surface area contributed by atoms with Gasteiger partial charge in [-0.3, -0.25) is 0 Å². The maximum absolute atomic E-state index is 9.27. The Bertz CT molecular complexity index is 2820. The maximum Gasteiger partial charge on any atom is 0.164 e. The van der Waals surface area contributed by atoms with E-state index in [2.05, 4.69) is 127 Å². The highest BCUT2D eigenvalue weighted by Gasteiger charge is 2.46. The second kappa shape index (κ2) is 14.2. The molecule has 10 rings (SSSR count). The van der Waals surface area contributed by atoms with Crippen LogP contribution in [0.1, 0.15) is 27.8 Å². The standard InChI is InChI=1S/C53H34N4/c54-35-36-21-23-37(24-22-36)38-25-27-39(28-26-38)42-29-31-46-47-32-30-43(52-56-50(40-13-5-1-6-14-40)55-51(57-52)41-15-7-2-8-16-41)34-49(47)53(48(46)33-42,44-17-9-3-10-18-44)45-19-11-4-12-20-45/h1-34H. The molecule has 0 fully saturated rings. The Morgan fingerprint density at radius 3 is 1.14 bits per heavy atom. The SMILES string of the molecule is N#Cc1ccc(-c2ccc(-c3ccc4c(c3)C(c3ccccc3)(c3ccccc3)c3cc(-c5nc(-c6ccccc6)nc(-c6ccccc6)n5)ccc3-4)cc2)cc1. The van der Waals surface area contributed by atoms with Crippen LogP contribution in [0.25, 0.3) is 67.5 Å². The summed E-state index contributed by atoms with van der Waals surface area (Å²) in [6.07, 6.45) is 0. The molecule has 9 aromatic rings. The quantitative estimate of drug-likeness (QED) is 0.164. The van der Waals surface area contributed by atoms with E-state index in [0.717, 1.165) is 38.9 Å². The molecule has 0 saturated heterocycles. The number of benzene rings is 8. The van der Waals surface area contributed by atoms with Gasteiger partial charge in [-0.15, -0.1) is 0 Å². The molecule has 0 spiro atoms. The van der Waals surface area contributed by atoms with Gasteiger partial charge in [0.2, 0.25) is 0 Å². The average Bonchev–Trinajstić information content (AvgIpc) is 3.60. The smallest absolute Gasteiger partial charge is 0.164 e. The minimum atomic E-state index is -0.626. The van der Waals surface area contributed by atoms with Crippen molar-refractivity contribution < 1.29 is 0 Å². The predicted molar refractivity (Wildman–Crippen MR) is 229 cm³/mol. The minimum absolute atomic E-state index is 0.625. The highest BCUT2D eigenvalue weighted by Crippen LogP contribution is 2.57. The van der Waals surface area contributed by atoms with Crippen molar-refractivity contribution in [2.45, 2.75) is 5.41 Å². The largest absolute Gasteiger partial charge is 0.208 e. The Kier molecular flexibility index (Phi) is 8.39. The Morgan fingerprint density at radius 2 is 0.684 bits per heavy atom. The fraction of sp³-hybridized carbons (Fsp3) is 0.0189. The highest BCUT2D eigenvalue weighted by molar-refractivity contribution is 5.90. The molecule has 57 heavy (non-hydrogen) atoms. The Balaban J connectivity index is 1.17. The molecule has 0 amide bonds. The number of rotatable bonds is 7. The summed E-state index contributed by atoms with van der Waals surface area (Å²) in [6, 6.07) is 74.2. The van der Waals surface area contributed by atoms with E-state index in [4.69, 9.17) is 15.0 Å². The van der Waals surface area contributed by atoms with Gasteiger partial charge in [0.15, 0.2) is 17.5 Å². The van der Waals surface area contributed by atoms with Crippen molar-refractivity contribution in [2.75, 3.05) is 0 Å². The molecule has 0 atom stereocenters. The van der Waals surface area contributed by atoms with E-state index < -0.39 is 5.41 Å². The lowest BCUT2D eigenvalue weighted by Crippen LogP contribution is -2.28. The molecule has 8 aromatic carbocycles. The second-order valence-electron chi connectivity index (χ2n) is 14.3. The lowest BCUT2D eigenvalue weighted by molar-refractivity contribution is 0.769. The third kappa shape index (κ3) is 5.90. The van der Waals surface area contributed by atoms with Crippen molar-refractivity contribution in [3.8, 4) is 73.6 Å². The van der Waals surface area contributed by atoms with Crippen LogP contribution in [0, 0.1) is 11.3 Å². The zero-order valence-corrected chi connectivity index (χ0v) is 30.9. The van der Waals surface area contributed by atoms with E-state index in [-0.39, 0.29) is 0 Å². The lowest BCUT2D eigenvalue weighted by Gasteiger charge is -2.34. The van der Waals surface area contributed by atoms with E-state index >= 15 is 0 Å². The first kappa shape index (κ1) is 33.8. The first-order valence-corrected chi connectivity index (χ1v) is 19.1. The second-order valence-corrected chi connectivity index (χ2v) is 14.3. The van der Waals surface area contributed by atoms with Crippen LogP contribution in [-0.4, -0.2) is 15.0 Å². The predicted octanol–water partition coefficient (Wildman–Crippen LogP) is 12.4. The molecule has 1 aliphatic carbocycles. The fourth-order valence-electron chi connectivity index (χ4n) is 8.34.